The highest BCUT2D eigenvalue weighted by molar-refractivity contribution is 5.77. The van der Waals surface area contributed by atoms with Crippen LogP contribution in [0.5, 0.6) is 0 Å². The summed E-state index contributed by atoms with van der Waals surface area (Å²) in [5.74, 6) is 0.194. The van der Waals surface area contributed by atoms with Gasteiger partial charge in [0.05, 0.1) is 13.2 Å². The monoisotopic (exact) mass is 229 g/mol. The maximum absolute atomic E-state index is 11.4. The van der Waals surface area contributed by atoms with Gasteiger partial charge in [0.1, 0.15) is 26.2 Å². The predicted octanol–water partition coefficient (Wildman–Crippen LogP) is -3.26. The largest absolute Gasteiger partial charge is 0.370 e. The molecular weight excluding hydrogens is 206 g/mol. The minimum atomic E-state index is 0.194. The summed E-state index contributed by atoms with van der Waals surface area (Å²) < 4.78 is 5.30. The summed E-state index contributed by atoms with van der Waals surface area (Å²) >= 11 is 0. The first-order valence-electron chi connectivity index (χ1n) is 6.37. The van der Waals surface area contributed by atoms with Gasteiger partial charge in [-0.2, -0.15) is 0 Å². The van der Waals surface area contributed by atoms with Crippen molar-refractivity contribution in [1.29, 1.82) is 0 Å². The lowest BCUT2D eigenvalue weighted by Gasteiger charge is -2.22. The molecule has 5 nitrogen and oxygen atoms in total. The van der Waals surface area contributed by atoms with Crippen molar-refractivity contribution >= 4 is 5.91 Å². The Morgan fingerprint density at radius 1 is 1.38 bits per heavy atom. The number of hydrogen-bond acceptors (Lipinski definition) is 2. The first kappa shape index (κ1) is 11.8. The fourth-order valence-corrected chi connectivity index (χ4v) is 1.96. The van der Waals surface area contributed by atoms with Crippen LogP contribution in [0.4, 0.5) is 0 Å². The van der Waals surface area contributed by atoms with Gasteiger partial charge < -0.3 is 20.3 Å². The molecule has 0 aromatic heterocycles. The molecule has 1 saturated heterocycles. The molecule has 1 amide bonds. The van der Waals surface area contributed by atoms with Crippen LogP contribution in [0.15, 0.2) is 0 Å². The van der Waals surface area contributed by atoms with Crippen molar-refractivity contribution in [3.05, 3.63) is 0 Å². The minimum absolute atomic E-state index is 0.194. The Bertz CT molecular complexity index is 225. The highest BCUT2D eigenvalue weighted by Gasteiger charge is 2.23. The van der Waals surface area contributed by atoms with E-state index in [1.54, 1.807) is 4.90 Å². The normalized spacial score (nSPS) is 22.0. The molecule has 0 spiro atoms. The number of nitrogens with one attached hydrogen (secondary N) is 2. The molecule has 92 valence electrons. The zero-order valence-corrected chi connectivity index (χ0v) is 9.84. The Balaban J connectivity index is 1.45. The molecule has 1 heterocycles. The second kappa shape index (κ2) is 6.18. The predicted molar refractivity (Wildman–Crippen MR) is 59.2 cm³/mol. The molecule has 0 atom stereocenters. The van der Waals surface area contributed by atoms with Crippen LogP contribution in [0.1, 0.15) is 12.8 Å². The number of carbonyl (C=O) groups is 1. The molecule has 5 heteroatoms. The Kier molecular flexibility index (Phi) is 4.56. The smallest absolute Gasteiger partial charge is 0.275 e. The number of quaternary nitrogens is 2. The third-order valence-electron chi connectivity index (χ3n) is 3.17. The maximum Gasteiger partial charge on any atom is 0.275 e. The summed E-state index contributed by atoms with van der Waals surface area (Å²) in [6, 6.07) is 0.491. The SMILES string of the molecule is O=C(C[NH2+]CC[NH+]1CCOCC1)NC1CC1. The van der Waals surface area contributed by atoms with Gasteiger partial charge in [-0.3, -0.25) is 4.79 Å². The van der Waals surface area contributed by atoms with Gasteiger partial charge in [0, 0.05) is 6.04 Å². The summed E-state index contributed by atoms with van der Waals surface area (Å²) in [5.41, 5.74) is 0. The van der Waals surface area contributed by atoms with E-state index in [0.29, 0.717) is 12.6 Å². The molecule has 0 aromatic carbocycles. The van der Waals surface area contributed by atoms with Crippen LogP contribution in [0, 0.1) is 0 Å². The molecule has 4 N–H and O–H groups in total. The van der Waals surface area contributed by atoms with Crippen molar-refractivity contribution in [2.24, 2.45) is 0 Å². The summed E-state index contributed by atoms with van der Waals surface area (Å²) in [6.07, 6.45) is 2.34. The first-order valence-corrected chi connectivity index (χ1v) is 6.37. The van der Waals surface area contributed by atoms with E-state index in [0.717, 1.165) is 39.4 Å². The Hall–Kier alpha value is -0.650. The highest BCUT2D eigenvalue weighted by atomic mass is 16.5. The van der Waals surface area contributed by atoms with Crippen LogP contribution in [0.2, 0.25) is 0 Å². The summed E-state index contributed by atoms with van der Waals surface area (Å²) in [6.45, 7) is 6.76. The molecule has 2 aliphatic rings. The van der Waals surface area contributed by atoms with Crippen molar-refractivity contribution in [3.63, 3.8) is 0 Å². The van der Waals surface area contributed by atoms with Gasteiger partial charge >= 0.3 is 0 Å². The Labute approximate surface area is 96.5 Å². The number of amides is 1. The molecule has 1 aliphatic carbocycles. The van der Waals surface area contributed by atoms with Gasteiger partial charge in [-0.05, 0) is 12.8 Å². The molecule has 2 rings (SSSR count). The lowest BCUT2D eigenvalue weighted by molar-refractivity contribution is -0.919. The van der Waals surface area contributed by atoms with E-state index in [1.165, 1.54) is 12.8 Å². The lowest BCUT2D eigenvalue weighted by atomic mass is 10.4. The molecule has 2 fully saturated rings. The molecule has 16 heavy (non-hydrogen) atoms. The van der Waals surface area contributed by atoms with Crippen LogP contribution in [-0.4, -0.2) is 57.9 Å². The number of rotatable bonds is 6. The fourth-order valence-electron chi connectivity index (χ4n) is 1.96. The first-order chi connectivity index (χ1) is 7.84. The van der Waals surface area contributed by atoms with Crippen molar-refractivity contribution in [2.75, 3.05) is 45.9 Å². The lowest BCUT2D eigenvalue weighted by Crippen LogP contribution is -3.16. The van der Waals surface area contributed by atoms with E-state index in [4.69, 9.17) is 4.74 Å². The number of morpholine rings is 1. The number of hydrogen-bond donors (Lipinski definition) is 3. The third kappa shape index (κ3) is 4.47. The Morgan fingerprint density at radius 3 is 2.81 bits per heavy atom. The van der Waals surface area contributed by atoms with E-state index in [-0.39, 0.29) is 5.91 Å². The van der Waals surface area contributed by atoms with Gasteiger partial charge in [0.15, 0.2) is 6.54 Å². The third-order valence-corrected chi connectivity index (χ3v) is 3.17. The second-order valence-corrected chi connectivity index (χ2v) is 4.74. The van der Waals surface area contributed by atoms with Gasteiger partial charge in [-0.1, -0.05) is 0 Å². The molecule has 0 unspecified atom stereocenters. The zero-order chi connectivity index (χ0) is 11.2. The molecular formula is C11H23N3O2+2. The zero-order valence-electron chi connectivity index (χ0n) is 9.84. The van der Waals surface area contributed by atoms with Crippen LogP contribution in [0.3, 0.4) is 0 Å². The Morgan fingerprint density at radius 2 is 2.12 bits per heavy atom. The summed E-state index contributed by atoms with van der Waals surface area (Å²) in [5, 5.41) is 5.11. The van der Waals surface area contributed by atoms with E-state index >= 15 is 0 Å². The average Bonchev–Trinajstić information content (AvgIpc) is 3.10. The molecule has 0 radical (unpaired) electrons. The van der Waals surface area contributed by atoms with Crippen LogP contribution in [-0.2, 0) is 9.53 Å². The number of ether oxygens (including phenoxy) is 1. The topological polar surface area (TPSA) is 59.4 Å². The van der Waals surface area contributed by atoms with E-state index in [2.05, 4.69) is 10.6 Å². The van der Waals surface area contributed by atoms with Crippen LogP contribution >= 0.6 is 0 Å². The number of nitrogens with two attached hydrogens (primary N) is 1. The van der Waals surface area contributed by atoms with Crippen LogP contribution in [0.25, 0.3) is 0 Å². The van der Waals surface area contributed by atoms with E-state index in [1.807, 2.05) is 0 Å². The summed E-state index contributed by atoms with van der Waals surface area (Å²) in [7, 11) is 0. The van der Waals surface area contributed by atoms with E-state index in [9.17, 15) is 4.79 Å². The highest BCUT2D eigenvalue weighted by Crippen LogP contribution is 2.17. The van der Waals surface area contributed by atoms with Gasteiger partial charge in [-0.25, -0.2) is 0 Å². The molecule has 1 saturated carbocycles. The quantitative estimate of drug-likeness (QED) is 0.419. The van der Waals surface area contributed by atoms with Gasteiger partial charge in [0.25, 0.3) is 5.91 Å². The van der Waals surface area contributed by atoms with Crippen molar-refractivity contribution in [1.82, 2.24) is 5.32 Å². The number of carbonyl (C=O) groups excluding carboxylic acids is 1. The standard InChI is InChI=1S/C11H21N3O2/c15-11(13-10-1-2-10)9-12-3-4-14-5-7-16-8-6-14/h10,12H,1-9H2,(H,13,15)/p+2. The second-order valence-electron chi connectivity index (χ2n) is 4.74. The fraction of sp³-hybridized carbons (Fsp3) is 0.909. The molecule has 0 bridgehead atoms. The van der Waals surface area contributed by atoms with Crippen molar-refractivity contribution in [3.8, 4) is 0 Å². The van der Waals surface area contributed by atoms with Gasteiger partial charge in [0.2, 0.25) is 0 Å². The van der Waals surface area contributed by atoms with Gasteiger partial charge in [-0.15, -0.1) is 0 Å². The van der Waals surface area contributed by atoms with Crippen molar-refractivity contribution in [2.45, 2.75) is 18.9 Å². The van der Waals surface area contributed by atoms with Crippen molar-refractivity contribution < 1.29 is 19.7 Å². The molecule has 0 aromatic rings. The van der Waals surface area contributed by atoms with Crippen LogP contribution < -0.4 is 15.5 Å². The average molecular weight is 229 g/mol. The molecule has 1 aliphatic heterocycles. The minimum Gasteiger partial charge on any atom is -0.370 e. The maximum atomic E-state index is 11.4. The van der Waals surface area contributed by atoms with E-state index < -0.39 is 0 Å². The summed E-state index contributed by atoms with van der Waals surface area (Å²) in [4.78, 5) is 13.0.